The highest BCUT2D eigenvalue weighted by molar-refractivity contribution is 5.94. The van der Waals surface area contributed by atoms with Crippen molar-refractivity contribution in [1.29, 1.82) is 5.26 Å². The van der Waals surface area contributed by atoms with Gasteiger partial charge in [0.05, 0.1) is 18.7 Å². The summed E-state index contributed by atoms with van der Waals surface area (Å²) in [7, 11) is 1.56. The molecule has 20 heavy (non-hydrogen) atoms. The summed E-state index contributed by atoms with van der Waals surface area (Å²) >= 11 is 0. The fourth-order valence-corrected chi connectivity index (χ4v) is 1.75. The lowest BCUT2D eigenvalue weighted by molar-refractivity contribution is 0.0950. The third kappa shape index (κ3) is 3.36. The molecule has 0 atom stereocenters. The van der Waals surface area contributed by atoms with Gasteiger partial charge >= 0.3 is 0 Å². The molecule has 1 amide bonds. The van der Waals surface area contributed by atoms with Gasteiger partial charge in [-0.3, -0.25) is 4.79 Å². The zero-order valence-corrected chi connectivity index (χ0v) is 11.1. The zero-order chi connectivity index (χ0) is 14.4. The predicted octanol–water partition coefficient (Wildman–Crippen LogP) is 2.50. The van der Waals surface area contributed by atoms with Gasteiger partial charge in [-0.05, 0) is 35.9 Å². The number of carbonyl (C=O) groups is 1. The molecule has 1 N–H and O–H groups in total. The molecule has 0 saturated heterocycles. The van der Waals surface area contributed by atoms with Gasteiger partial charge in [-0.1, -0.05) is 18.2 Å². The monoisotopic (exact) mass is 266 g/mol. The number of carbonyl (C=O) groups excluding carboxylic acids is 1. The van der Waals surface area contributed by atoms with Crippen molar-refractivity contribution in [1.82, 2.24) is 5.32 Å². The maximum atomic E-state index is 12.0. The minimum Gasteiger partial charge on any atom is -0.497 e. The van der Waals surface area contributed by atoms with Crippen LogP contribution in [0.15, 0.2) is 48.5 Å². The molecule has 0 fully saturated rings. The van der Waals surface area contributed by atoms with Crippen LogP contribution in [0.3, 0.4) is 0 Å². The summed E-state index contributed by atoms with van der Waals surface area (Å²) in [5.74, 6) is 0.490. The minimum atomic E-state index is -0.159. The quantitative estimate of drug-likeness (QED) is 0.924. The standard InChI is InChI=1S/C16H14N2O2/c1-20-15-4-2-3-14(9-15)16(19)18-11-13-7-5-12(10-17)6-8-13/h2-9H,11H2,1H3,(H,18,19). The Morgan fingerprint density at radius 1 is 1.25 bits per heavy atom. The van der Waals surface area contributed by atoms with Gasteiger partial charge in [0.25, 0.3) is 5.91 Å². The summed E-state index contributed by atoms with van der Waals surface area (Å²) in [6, 6.07) is 16.1. The number of benzene rings is 2. The fraction of sp³-hybridized carbons (Fsp3) is 0.125. The van der Waals surface area contributed by atoms with Crippen molar-refractivity contribution in [2.75, 3.05) is 7.11 Å². The molecule has 4 heteroatoms. The molecule has 0 aliphatic rings. The molecule has 0 radical (unpaired) electrons. The number of hydrogen-bond acceptors (Lipinski definition) is 3. The topological polar surface area (TPSA) is 62.1 Å². The third-order valence-electron chi connectivity index (χ3n) is 2.87. The molecular formula is C16H14N2O2. The molecule has 2 aromatic carbocycles. The van der Waals surface area contributed by atoms with Crippen molar-refractivity contribution in [3.63, 3.8) is 0 Å². The average molecular weight is 266 g/mol. The predicted molar refractivity (Wildman–Crippen MR) is 75.3 cm³/mol. The first-order chi connectivity index (χ1) is 9.72. The van der Waals surface area contributed by atoms with Crippen LogP contribution in [0.2, 0.25) is 0 Å². The van der Waals surface area contributed by atoms with Crippen LogP contribution in [0.5, 0.6) is 5.75 Å². The van der Waals surface area contributed by atoms with Gasteiger partial charge in [0.2, 0.25) is 0 Å². The molecule has 0 unspecified atom stereocenters. The van der Waals surface area contributed by atoms with E-state index in [-0.39, 0.29) is 5.91 Å². The first kappa shape index (κ1) is 13.6. The second-order valence-corrected chi connectivity index (χ2v) is 4.22. The number of rotatable bonds is 4. The lowest BCUT2D eigenvalue weighted by atomic mass is 10.1. The molecule has 0 saturated carbocycles. The molecule has 2 rings (SSSR count). The Morgan fingerprint density at radius 3 is 2.65 bits per heavy atom. The molecule has 100 valence electrons. The Balaban J connectivity index is 1.99. The van der Waals surface area contributed by atoms with E-state index in [1.807, 2.05) is 12.1 Å². The van der Waals surface area contributed by atoms with E-state index in [9.17, 15) is 4.79 Å². The van der Waals surface area contributed by atoms with Crippen LogP contribution in [0.4, 0.5) is 0 Å². The van der Waals surface area contributed by atoms with Crippen molar-refractivity contribution < 1.29 is 9.53 Å². The zero-order valence-electron chi connectivity index (χ0n) is 11.1. The lowest BCUT2D eigenvalue weighted by Gasteiger charge is -2.07. The minimum absolute atomic E-state index is 0.159. The van der Waals surface area contributed by atoms with Crippen LogP contribution < -0.4 is 10.1 Å². The largest absolute Gasteiger partial charge is 0.497 e. The maximum absolute atomic E-state index is 12.0. The second-order valence-electron chi connectivity index (χ2n) is 4.22. The summed E-state index contributed by atoms with van der Waals surface area (Å²) in [6.07, 6.45) is 0. The molecule has 0 aromatic heterocycles. The van der Waals surface area contributed by atoms with Gasteiger partial charge in [-0.25, -0.2) is 0 Å². The van der Waals surface area contributed by atoms with Gasteiger partial charge in [0, 0.05) is 12.1 Å². The Labute approximate surface area is 117 Å². The molecule has 4 nitrogen and oxygen atoms in total. The highest BCUT2D eigenvalue weighted by Crippen LogP contribution is 2.12. The van der Waals surface area contributed by atoms with Crippen molar-refractivity contribution in [2.45, 2.75) is 6.54 Å². The molecule has 0 aliphatic carbocycles. The van der Waals surface area contributed by atoms with E-state index < -0.39 is 0 Å². The van der Waals surface area contributed by atoms with Crippen LogP contribution in [-0.2, 0) is 6.54 Å². The van der Waals surface area contributed by atoms with Crippen LogP contribution in [0.25, 0.3) is 0 Å². The summed E-state index contributed by atoms with van der Waals surface area (Å²) < 4.78 is 5.08. The molecule has 0 aliphatic heterocycles. The van der Waals surface area contributed by atoms with Crippen LogP contribution in [0.1, 0.15) is 21.5 Å². The van der Waals surface area contributed by atoms with Crippen molar-refractivity contribution in [3.8, 4) is 11.8 Å². The summed E-state index contributed by atoms with van der Waals surface area (Å²) in [5.41, 5.74) is 2.10. The van der Waals surface area contributed by atoms with Crippen LogP contribution >= 0.6 is 0 Å². The number of nitrogens with zero attached hydrogens (tertiary/aromatic N) is 1. The number of hydrogen-bond donors (Lipinski definition) is 1. The Hall–Kier alpha value is -2.80. The van der Waals surface area contributed by atoms with Crippen molar-refractivity contribution in [2.24, 2.45) is 0 Å². The summed E-state index contributed by atoms with van der Waals surface area (Å²) in [5, 5.41) is 11.5. The van der Waals surface area contributed by atoms with E-state index in [0.717, 1.165) is 5.56 Å². The number of ether oxygens (including phenoxy) is 1. The Kier molecular flexibility index (Phi) is 4.35. The molecule has 0 bridgehead atoms. The molecule has 0 spiro atoms. The first-order valence-electron chi connectivity index (χ1n) is 6.14. The van der Waals surface area contributed by atoms with Gasteiger partial charge in [0.15, 0.2) is 0 Å². The highest BCUT2D eigenvalue weighted by atomic mass is 16.5. The van der Waals surface area contributed by atoms with E-state index in [1.165, 1.54) is 0 Å². The second kappa shape index (κ2) is 6.39. The highest BCUT2D eigenvalue weighted by Gasteiger charge is 2.06. The summed E-state index contributed by atoms with van der Waals surface area (Å²) in [4.78, 5) is 12.0. The maximum Gasteiger partial charge on any atom is 0.251 e. The number of nitrogens with one attached hydrogen (secondary N) is 1. The number of methoxy groups -OCH3 is 1. The smallest absolute Gasteiger partial charge is 0.251 e. The molecular weight excluding hydrogens is 252 g/mol. The number of amides is 1. The molecule has 0 heterocycles. The van der Waals surface area contributed by atoms with E-state index >= 15 is 0 Å². The fourth-order valence-electron chi connectivity index (χ4n) is 1.75. The Morgan fingerprint density at radius 2 is 2.00 bits per heavy atom. The van der Waals surface area contributed by atoms with E-state index in [2.05, 4.69) is 11.4 Å². The van der Waals surface area contributed by atoms with Gasteiger partial charge in [-0.2, -0.15) is 5.26 Å². The lowest BCUT2D eigenvalue weighted by Crippen LogP contribution is -2.22. The van der Waals surface area contributed by atoms with Gasteiger partial charge in [-0.15, -0.1) is 0 Å². The van der Waals surface area contributed by atoms with Crippen LogP contribution in [0, 0.1) is 11.3 Å². The van der Waals surface area contributed by atoms with E-state index in [1.54, 1.807) is 43.5 Å². The van der Waals surface area contributed by atoms with E-state index in [4.69, 9.17) is 10.00 Å². The third-order valence-corrected chi connectivity index (χ3v) is 2.87. The van der Waals surface area contributed by atoms with Crippen molar-refractivity contribution >= 4 is 5.91 Å². The van der Waals surface area contributed by atoms with E-state index in [0.29, 0.717) is 23.4 Å². The summed E-state index contributed by atoms with van der Waals surface area (Å²) in [6.45, 7) is 0.418. The normalized spacial score (nSPS) is 9.60. The first-order valence-corrected chi connectivity index (χ1v) is 6.14. The number of nitriles is 1. The van der Waals surface area contributed by atoms with Crippen molar-refractivity contribution in [3.05, 3.63) is 65.2 Å². The average Bonchev–Trinajstić information content (AvgIpc) is 2.53. The van der Waals surface area contributed by atoms with Gasteiger partial charge < -0.3 is 10.1 Å². The molecule has 2 aromatic rings. The SMILES string of the molecule is COc1cccc(C(=O)NCc2ccc(C#N)cc2)c1. The Bertz CT molecular complexity index is 642. The van der Waals surface area contributed by atoms with Crippen LogP contribution in [-0.4, -0.2) is 13.0 Å². The van der Waals surface area contributed by atoms with Gasteiger partial charge in [0.1, 0.15) is 5.75 Å².